The molecule has 0 aromatic heterocycles. The van der Waals surface area contributed by atoms with Crippen LogP contribution in [0.25, 0.3) is 0 Å². The molecule has 5 atom stereocenters. The fraction of sp³-hybridized carbons (Fsp3) is 1.00. The first kappa shape index (κ1) is 52.8. The lowest BCUT2D eigenvalue weighted by molar-refractivity contribution is -0.398. The Hall–Kier alpha value is -0.830. The van der Waals surface area contributed by atoms with Gasteiger partial charge in [-0.2, -0.15) is 30.7 Å². The Bertz CT molecular complexity index is 693. The van der Waals surface area contributed by atoms with E-state index < -0.39 is 66.2 Å². The average molecular weight is 633 g/mol. The van der Waals surface area contributed by atoms with E-state index in [9.17, 15) is 39.5 Å². The maximum absolute atomic E-state index is 12.8. The molecule has 0 aromatic rings. The minimum Gasteiger partial charge on any atom is -0.337 e. The lowest BCUT2D eigenvalue weighted by Crippen LogP contribution is -2.54. The summed E-state index contributed by atoms with van der Waals surface area (Å²) in [5.74, 6) is -7.80. The van der Waals surface area contributed by atoms with Gasteiger partial charge in [0.05, 0.1) is 30.0 Å². The molecule has 3 heterocycles. The van der Waals surface area contributed by atoms with Gasteiger partial charge in [0.15, 0.2) is 0 Å². The van der Waals surface area contributed by atoms with Crippen molar-refractivity contribution in [2.45, 2.75) is 173 Å². The van der Waals surface area contributed by atoms with E-state index in [1.165, 1.54) is 0 Å². The highest BCUT2D eigenvalue weighted by atomic mass is 19.4. The second-order valence-electron chi connectivity index (χ2n) is 9.44. The molecule has 41 heavy (non-hydrogen) atoms. The molecule has 3 aliphatic heterocycles. The van der Waals surface area contributed by atoms with E-state index in [4.69, 9.17) is 0 Å². The molecule has 0 aromatic carbocycles. The molecule has 0 bridgehead atoms. The minimum atomic E-state index is -4.47. The zero-order valence-electron chi connectivity index (χ0n) is 20.7. The first-order valence-electron chi connectivity index (χ1n) is 11.0. The molecular formula is C27H57F9O5. The van der Waals surface area contributed by atoms with Crippen molar-refractivity contribution in [1.29, 1.82) is 0 Å². The topological polar surface area (TPSA) is 46.2 Å². The number of hydrogen-bond donors (Lipinski definition) is 0. The van der Waals surface area contributed by atoms with Gasteiger partial charge < -0.3 is 14.2 Å². The summed E-state index contributed by atoms with van der Waals surface area (Å²) in [5, 5.41) is 0. The summed E-state index contributed by atoms with van der Waals surface area (Å²) < 4.78 is 134. The maximum atomic E-state index is 12.8. The molecule has 0 saturated carbocycles. The van der Waals surface area contributed by atoms with Gasteiger partial charge in [0.25, 0.3) is 5.79 Å². The van der Waals surface area contributed by atoms with E-state index in [1.807, 2.05) is 0 Å². The lowest BCUT2D eigenvalue weighted by Gasteiger charge is -2.39. The molecule has 0 amide bonds. The molecule has 0 radical (unpaired) electrons. The third-order valence-electron chi connectivity index (χ3n) is 6.07. The lowest BCUT2D eigenvalue weighted by atomic mass is 9.91. The fourth-order valence-corrected chi connectivity index (χ4v) is 3.24. The molecule has 3 aliphatic rings. The van der Waals surface area contributed by atoms with E-state index in [0.29, 0.717) is 6.42 Å². The summed E-state index contributed by atoms with van der Waals surface area (Å²) in [4.78, 5) is 0. The van der Waals surface area contributed by atoms with Gasteiger partial charge in [0.1, 0.15) is 0 Å². The van der Waals surface area contributed by atoms with Crippen molar-refractivity contribution in [3.8, 4) is 0 Å². The number of halogens is 9. The minimum absolute atomic E-state index is 0. The Labute approximate surface area is 242 Å². The molecule has 0 N–H and O–H groups in total. The van der Waals surface area contributed by atoms with Crippen LogP contribution in [0.15, 0.2) is 0 Å². The van der Waals surface area contributed by atoms with Crippen LogP contribution >= 0.6 is 0 Å². The predicted molar refractivity (Wildman–Crippen MR) is 145 cm³/mol. The van der Waals surface area contributed by atoms with Gasteiger partial charge in [-0.3, -0.25) is 9.47 Å². The molecule has 3 saturated heterocycles. The van der Waals surface area contributed by atoms with Crippen molar-refractivity contribution >= 4 is 0 Å². The molecule has 5 nitrogen and oxygen atoms in total. The summed E-state index contributed by atoms with van der Waals surface area (Å²) in [6, 6.07) is 0. The Balaban J connectivity index is -0.000000105. The van der Waals surface area contributed by atoms with Gasteiger partial charge in [-0.05, 0) is 54.4 Å². The number of rotatable bonds is 1. The van der Waals surface area contributed by atoms with Crippen LogP contribution in [0.2, 0.25) is 0 Å². The molecule has 3 rings (SSSR count). The van der Waals surface area contributed by atoms with Gasteiger partial charge in [-0.1, -0.05) is 58.4 Å². The molecule has 5 unspecified atom stereocenters. The molecule has 0 aliphatic carbocycles. The maximum Gasteiger partial charge on any atom is 0.486 e. The van der Waals surface area contributed by atoms with E-state index in [-0.39, 0.29) is 51.0 Å². The Kier molecular flexibility index (Phi) is 22.5. The SMILES string of the molecule is C.C.C.C.C.C.CC1OC(C)(C(F)(F)F)OC1C.CC1OC(F)(F)OC1(C)C.CCC1CC(C)C(F)(F)C(F)(F)O1. The molecule has 14 heteroatoms. The largest absolute Gasteiger partial charge is 0.486 e. The van der Waals surface area contributed by atoms with Gasteiger partial charge in [-0.15, -0.1) is 8.78 Å². The first-order valence-corrected chi connectivity index (χ1v) is 11.0. The second-order valence-corrected chi connectivity index (χ2v) is 9.44. The number of hydrogen-bond acceptors (Lipinski definition) is 5. The summed E-state index contributed by atoms with van der Waals surface area (Å²) in [7, 11) is 0. The van der Waals surface area contributed by atoms with Gasteiger partial charge in [0, 0.05) is 5.92 Å². The highest BCUT2D eigenvalue weighted by Crippen LogP contribution is 2.48. The van der Waals surface area contributed by atoms with E-state index in [2.05, 4.69) is 23.7 Å². The highest BCUT2D eigenvalue weighted by molar-refractivity contribution is 4.89. The van der Waals surface area contributed by atoms with Crippen molar-refractivity contribution in [3.63, 3.8) is 0 Å². The van der Waals surface area contributed by atoms with Crippen molar-refractivity contribution in [2.75, 3.05) is 0 Å². The third kappa shape index (κ3) is 12.7. The Morgan fingerprint density at radius 3 is 1.27 bits per heavy atom. The van der Waals surface area contributed by atoms with Crippen LogP contribution in [0.1, 0.15) is 113 Å². The number of ether oxygens (including phenoxy) is 5. The van der Waals surface area contributed by atoms with Crippen LogP contribution in [0.5, 0.6) is 0 Å². The monoisotopic (exact) mass is 632 g/mol. The van der Waals surface area contributed by atoms with Crippen molar-refractivity contribution in [3.05, 3.63) is 0 Å². The van der Waals surface area contributed by atoms with Crippen LogP contribution in [0.4, 0.5) is 39.5 Å². The highest BCUT2D eigenvalue weighted by Gasteiger charge is 2.65. The normalized spacial score (nSPS) is 33.4. The van der Waals surface area contributed by atoms with E-state index in [0.717, 1.165) is 13.8 Å². The Morgan fingerprint density at radius 1 is 0.683 bits per heavy atom. The third-order valence-corrected chi connectivity index (χ3v) is 6.07. The zero-order chi connectivity index (χ0) is 27.8. The molecule has 0 spiro atoms. The van der Waals surface area contributed by atoms with E-state index >= 15 is 0 Å². The molecular weight excluding hydrogens is 575 g/mol. The van der Waals surface area contributed by atoms with Crippen LogP contribution in [-0.4, -0.2) is 60.3 Å². The number of alkyl halides is 9. The predicted octanol–water partition coefficient (Wildman–Crippen LogP) is 10.7. The van der Waals surface area contributed by atoms with Crippen LogP contribution in [-0.2, 0) is 23.7 Å². The summed E-state index contributed by atoms with van der Waals surface area (Å²) in [6.07, 6.45) is -14.2. The Morgan fingerprint density at radius 2 is 1.07 bits per heavy atom. The zero-order valence-corrected chi connectivity index (χ0v) is 20.7. The van der Waals surface area contributed by atoms with Crippen molar-refractivity contribution < 1.29 is 63.2 Å². The van der Waals surface area contributed by atoms with Gasteiger partial charge >= 0.3 is 24.5 Å². The van der Waals surface area contributed by atoms with Crippen LogP contribution in [0, 0.1) is 5.92 Å². The summed E-state index contributed by atoms with van der Waals surface area (Å²) in [6.45, 7) is 11.5. The summed E-state index contributed by atoms with van der Waals surface area (Å²) in [5.41, 5.74) is -0.885. The molecule has 258 valence electrons. The molecule has 3 fully saturated rings. The smallest absolute Gasteiger partial charge is 0.337 e. The standard InChI is InChI=1S/C8H12F4O.C7H11F3O2.C6H10F2O2.6CH4/c1-3-6-4-5(2)7(9,10)8(11,12)13-6;1-4-5(2)12-6(3,11-4)7(8,9)10;1-4-5(2,3)10-6(7,8)9-4;;;;;;/h5-6H,3-4H2,1-2H3;4-5H,1-3H3;4H,1-3H3;6*1H4. The fourth-order valence-electron chi connectivity index (χ4n) is 3.24. The van der Waals surface area contributed by atoms with Crippen LogP contribution in [0.3, 0.4) is 0 Å². The first-order chi connectivity index (χ1) is 15.4. The van der Waals surface area contributed by atoms with Gasteiger partial charge in [0.2, 0.25) is 0 Å². The van der Waals surface area contributed by atoms with Crippen LogP contribution < -0.4 is 0 Å². The summed E-state index contributed by atoms with van der Waals surface area (Å²) >= 11 is 0. The quantitative estimate of drug-likeness (QED) is 0.269. The van der Waals surface area contributed by atoms with Crippen molar-refractivity contribution in [1.82, 2.24) is 0 Å². The second kappa shape index (κ2) is 17.5. The van der Waals surface area contributed by atoms with E-state index in [1.54, 1.807) is 41.5 Å². The average Bonchev–Trinajstić information content (AvgIpc) is 3.02. The van der Waals surface area contributed by atoms with Crippen molar-refractivity contribution in [2.24, 2.45) is 5.92 Å². The van der Waals surface area contributed by atoms with Gasteiger partial charge in [-0.25, -0.2) is 0 Å².